The number of carbonyl (C=O) groups is 1. The number of nitrogens with one attached hydrogen (secondary N) is 1. The molecule has 0 spiro atoms. The zero-order valence-electron chi connectivity index (χ0n) is 6.38. The average molecular weight is 179 g/mol. The van der Waals surface area contributed by atoms with E-state index in [0.717, 1.165) is 0 Å². The Morgan fingerprint density at radius 1 is 1.85 bits per heavy atom. The van der Waals surface area contributed by atoms with Crippen LogP contribution in [0.2, 0.25) is 0 Å². The quantitative estimate of drug-likeness (QED) is 0.313. The maximum Gasteiger partial charge on any atom is 0.338 e. The molecular formula is C6H5N5O2. The molecule has 0 unspecified atom stereocenters. The molecule has 66 valence electrons. The SMILES string of the molecule is [N-]=[N+]=N/C(=C\c1ccn[nH]1)C(=O)O. The van der Waals surface area contributed by atoms with Gasteiger partial charge in [-0.2, -0.15) is 5.10 Å². The zero-order chi connectivity index (χ0) is 9.68. The molecule has 0 saturated carbocycles. The van der Waals surface area contributed by atoms with Gasteiger partial charge in [0.05, 0.1) is 5.69 Å². The molecule has 7 heteroatoms. The van der Waals surface area contributed by atoms with E-state index >= 15 is 0 Å². The number of nitrogens with zero attached hydrogens (tertiary/aromatic N) is 4. The van der Waals surface area contributed by atoms with Gasteiger partial charge in [0.25, 0.3) is 0 Å². The van der Waals surface area contributed by atoms with Gasteiger partial charge in [0, 0.05) is 11.1 Å². The van der Waals surface area contributed by atoms with Crippen molar-refractivity contribution < 1.29 is 9.90 Å². The fourth-order valence-corrected chi connectivity index (χ4v) is 0.676. The van der Waals surface area contributed by atoms with Gasteiger partial charge >= 0.3 is 5.97 Å². The first kappa shape index (κ1) is 8.82. The van der Waals surface area contributed by atoms with Crippen molar-refractivity contribution in [3.8, 4) is 0 Å². The second-order valence-corrected chi connectivity index (χ2v) is 2.04. The van der Waals surface area contributed by atoms with E-state index in [-0.39, 0.29) is 5.70 Å². The number of rotatable bonds is 3. The first-order chi connectivity index (χ1) is 6.24. The lowest BCUT2D eigenvalue weighted by atomic mass is 10.3. The van der Waals surface area contributed by atoms with Gasteiger partial charge < -0.3 is 5.11 Å². The summed E-state index contributed by atoms with van der Waals surface area (Å²) in [5, 5.41) is 17.6. The lowest BCUT2D eigenvalue weighted by molar-refractivity contribution is -0.132. The first-order valence-electron chi connectivity index (χ1n) is 3.23. The Morgan fingerprint density at radius 2 is 2.62 bits per heavy atom. The molecule has 0 fully saturated rings. The van der Waals surface area contributed by atoms with Gasteiger partial charge in [-0.25, -0.2) is 4.79 Å². The minimum atomic E-state index is -1.28. The Labute approximate surface area is 72.3 Å². The van der Waals surface area contributed by atoms with Crippen LogP contribution in [0.5, 0.6) is 0 Å². The number of azide groups is 1. The second-order valence-electron chi connectivity index (χ2n) is 2.04. The molecule has 1 aromatic heterocycles. The van der Waals surface area contributed by atoms with Crippen molar-refractivity contribution in [2.45, 2.75) is 0 Å². The zero-order valence-corrected chi connectivity index (χ0v) is 6.38. The van der Waals surface area contributed by atoms with E-state index in [4.69, 9.17) is 10.6 Å². The third-order valence-electron chi connectivity index (χ3n) is 1.19. The lowest BCUT2D eigenvalue weighted by Crippen LogP contribution is -1.96. The fraction of sp³-hybridized carbons (Fsp3) is 0. The van der Waals surface area contributed by atoms with E-state index in [2.05, 4.69) is 20.2 Å². The van der Waals surface area contributed by atoms with E-state index in [1.54, 1.807) is 6.07 Å². The number of aromatic amines is 1. The Kier molecular flexibility index (Phi) is 2.67. The van der Waals surface area contributed by atoms with Gasteiger partial charge in [-0.3, -0.25) is 5.10 Å². The minimum absolute atomic E-state index is 0.383. The van der Waals surface area contributed by atoms with Crippen molar-refractivity contribution in [3.63, 3.8) is 0 Å². The molecule has 13 heavy (non-hydrogen) atoms. The van der Waals surface area contributed by atoms with Crippen LogP contribution in [0.1, 0.15) is 5.69 Å². The molecule has 0 aromatic carbocycles. The fourth-order valence-electron chi connectivity index (χ4n) is 0.676. The summed E-state index contributed by atoms with van der Waals surface area (Å²) in [6.45, 7) is 0. The van der Waals surface area contributed by atoms with Gasteiger partial charge in [-0.05, 0) is 17.7 Å². The molecule has 0 aliphatic heterocycles. The second kappa shape index (κ2) is 3.93. The number of hydrogen-bond donors (Lipinski definition) is 2. The summed E-state index contributed by atoms with van der Waals surface area (Å²) in [6, 6.07) is 1.55. The van der Waals surface area contributed by atoms with Crippen molar-refractivity contribution in [2.75, 3.05) is 0 Å². The van der Waals surface area contributed by atoms with E-state index in [0.29, 0.717) is 5.69 Å². The molecule has 7 nitrogen and oxygen atoms in total. The van der Waals surface area contributed by atoms with Gasteiger partial charge in [-0.1, -0.05) is 5.11 Å². The molecular weight excluding hydrogens is 174 g/mol. The number of hydrogen-bond acceptors (Lipinski definition) is 3. The van der Waals surface area contributed by atoms with Crippen LogP contribution in [0.25, 0.3) is 16.5 Å². The molecule has 0 amide bonds. The van der Waals surface area contributed by atoms with Crippen LogP contribution in [0.15, 0.2) is 23.1 Å². The molecule has 1 rings (SSSR count). The number of H-pyrrole nitrogens is 1. The molecule has 0 aliphatic rings. The van der Waals surface area contributed by atoms with Crippen molar-refractivity contribution in [2.24, 2.45) is 5.11 Å². The summed E-state index contributed by atoms with van der Waals surface area (Å²) in [5.74, 6) is -1.28. The smallest absolute Gasteiger partial charge is 0.338 e. The molecule has 0 atom stereocenters. The summed E-state index contributed by atoms with van der Waals surface area (Å²) < 4.78 is 0. The van der Waals surface area contributed by atoms with Crippen LogP contribution >= 0.6 is 0 Å². The standard InChI is InChI=1S/C6H5N5O2/c7-11-10-5(6(12)13)3-4-1-2-8-9-4/h1-3H,(H,8,9)(H,12,13)/b5-3-. The number of aliphatic carboxylic acids is 1. The summed E-state index contributed by atoms with van der Waals surface area (Å²) in [4.78, 5) is 12.8. The number of carboxylic acid groups (broad SMARTS) is 1. The van der Waals surface area contributed by atoms with E-state index in [9.17, 15) is 4.79 Å². The molecule has 1 heterocycles. The van der Waals surface area contributed by atoms with Crippen molar-refractivity contribution in [1.82, 2.24) is 10.2 Å². The summed E-state index contributed by atoms with van der Waals surface area (Å²) >= 11 is 0. The maximum absolute atomic E-state index is 10.4. The van der Waals surface area contributed by atoms with Gasteiger partial charge in [0.2, 0.25) is 0 Å². The summed E-state index contributed by atoms with van der Waals surface area (Å²) in [7, 11) is 0. The molecule has 0 aliphatic carbocycles. The Balaban J connectivity index is 3.00. The van der Waals surface area contributed by atoms with Gasteiger partial charge in [0.15, 0.2) is 0 Å². The van der Waals surface area contributed by atoms with E-state index < -0.39 is 5.97 Å². The average Bonchev–Trinajstić information content (AvgIpc) is 2.56. The van der Waals surface area contributed by atoms with Crippen LogP contribution in [0.3, 0.4) is 0 Å². The summed E-state index contributed by atoms with van der Waals surface area (Å²) in [5.41, 5.74) is 8.12. The molecule has 0 saturated heterocycles. The van der Waals surface area contributed by atoms with E-state index in [1.165, 1.54) is 12.3 Å². The summed E-state index contributed by atoms with van der Waals surface area (Å²) in [6.07, 6.45) is 2.65. The van der Waals surface area contributed by atoms with Crippen LogP contribution in [0, 0.1) is 0 Å². The maximum atomic E-state index is 10.4. The highest BCUT2D eigenvalue weighted by Gasteiger charge is 2.04. The highest BCUT2D eigenvalue weighted by molar-refractivity contribution is 5.91. The highest BCUT2D eigenvalue weighted by atomic mass is 16.4. The Bertz CT molecular complexity index is 370. The number of aromatic nitrogens is 2. The molecule has 0 radical (unpaired) electrons. The van der Waals surface area contributed by atoms with Crippen LogP contribution in [0.4, 0.5) is 0 Å². The van der Waals surface area contributed by atoms with Crippen LogP contribution in [-0.2, 0) is 4.79 Å². The predicted octanol–water partition coefficient (Wildman–Crippen LogP) is 1.15. The van der Waals surface area contributed by atoms with Gasteiger partial charge in [0.1, 0.15) is 5.70 Å². The normalized spacial score (nSPS) is 10.6. The molecule has 1 aromatic rings. The van der Waals surface area contributed by atoms with Crippen LogP contribution < -0.4 is 0 Å². The Hall–Kier alpha value is -2.27. The highest BCUT2D eigenvalue weighted by Crippen LogP contribution is 2.04. The van der Waals surface area contributed by atoms with Crippen molar-refractivity contribution >= 4 is 12.0 Å². The van der Waals surface area contributed by atoms with Crippen molar-refractivity contribution in [3.05, 3.63) is 34.1 Å². The third kappa shape index (κ3) is 2.35. The molecule has 2 N–H and O–H groups in total. The van der Waals surface area contributed by atoms with Crippen molar-refractivity contribution in [1.29, 1.82) is 0 Å². The monoisotopic (exact) mass is 179 g/mol. The molecule has 0 bridgehead atoms. The third-order valence-corrected chi connectivity index (χ3v) is 1.19. The van der Waals surface area contributed by atoms with E-state index in [1.807, 2.05) is 0 Å². The van der Waals surface area contributed by atoms with Crippen LogP contribution in [-0.4, -0.2) is 21.3 Å². The largest absolute Gasteiger partial charge is 0.478 e. The number of carboxylic acids is 1. The predicted molar refractivity (Wildman–Crippen MR) is 43.3 cm³/mol. The Morgan fingerprint density at radius 3 is 3.08 bits per heavy atom. The van der Waals surface area contributed by atoms with Gasteiger partial charge in [-0.15, -0.1) is 0 Å². The first-order valence-corrected chi connectivity index (χ1v) is 3.23. The topological polar surface area (TPSA) is 115 Å². The lowest BCUT2D eigenvalue weighted by Gasteiger charge is -1.89. The minimum Gasteiger partial charge on any atom is -0.478 e.